The predicted molar refractivity (Wildman–Crippen MR) is 118 cm³/mol. The number of unbranched alkanes of at least 4 members (excludes halogenated alkanes) is 3. The molecule has 1 rings (SSSR count). The molecule has 0 bridgehead atoms. The summed E-state index contributed by atoms with van der Waals surface area (Å²) < 4.78 is 3.63. The van der Waals surface area contributed by atoms with Crippen LogP contribution in [0.15, 0.2) is 24.3 Å². The van der Waals surface area contributed by atoms with Crippen LogP contribution in [0.25, 0.3) is 0 Å². The molecule has 1 amide bonds. The molecule has 0 saturated heterocycles. The lowest BCUT2D eigenvalue weighted by Gasteiger charge is -2.27. The van der Waals surface area contributed by atoms with E-state index in [-0.39, 0.29) is 11.0 Å². The van der Waals surface area contributed by atoms with Crippen molar-refractivity contribution in [2.75, 3.05) is 11.9 Å². The minimum atomic E-state index is -1.76. The van der Waals surface area contributed by atoms with Crippen LogP contribution >= 0.6 is 47.0 Å². The van der Waals surface area contributed by atoms with E-state index in [1.54, 1.807) is 0 Å². The lowest BCUT2D eigenvalue weighted by molar-refractivity contribution is -0.122. The summed E-state index contributed by atoms with van der Waals surface area (Å²) in [4.78, 5) is 12.1. The first kappa shape index (κ1) is 24.1. The van der Waals surface area contributed by atoms with Gasteiger partial charge in [-0.05, 0) is 49.8 Å². The van der Waals surface area contributed by atoms with E-state index in [0.717, 1.165) is 37.1 Å². The molecule has 0 saturated carbocycles. The van der Waals surface area contributed by atoms with Crippen LogP contribution in [0.5, 0.6) is 5.75 Å². The number of alkyl halides is 3. The van der Waals surface area contributed by atoms with E-state index in [4.69, 9.17) is 51.8 Å². The molecular formula is C18H26Cl3N3O2S. The SMILES string of the molecule is CCCCCCC(=O)N[C@@H](NC(=S)Nc1ccc(OCC)cc1)C(Cl)(Cl)Cl. The zero-order valence-corrected chi connectivity index (χ0v) is 18.6. The van der Waals surface area contributed by atoms with E-state index in [0.29, 0.717) is 13.0 Å². The van der Waals surface area contributed by atoms with Crippen molar-refractivity contribution in [1.82, 2.24) is 10.6 Å². The fourth-order valence-electron chi connectivity index (χ4n) is 2.24. The van der Waals surface area contributed by atoms with Crippen LogP contribution in [-0.4, -0.2) is 27.6 Å². The van der Waals surface area contributed by atoms with Gasteiger partial charge in [0, 0.05) is 12.1 Å². The maximum atomic E-state index is 12.1. The average molecular weight is 455 g/mol. The predicted octanol–water partition coefficient (Wildman–Crippen LogP) is 5.15. The minimum Gasteiger partial charge on any atom is -0.494 e. The molecule has 9 heteroatoms. The Morgan fingerprint density at radius 3 is 2.33 bits per heavy atom. The van der Waals surface area contributed by atoms with Gasteiger partial charge < -0.3 is 20.7 Å². The molecule has 152 valence electrons. The first-order valence-corrected chi connectivity index (χ1v) is 10.5. The van der Waals surface area contributed by atoms with Gasteiger partial charge in [0.15, 0.2) is 5.11 Å². The maximum absolute atomic E-state index is 12.1. The van der Waals surface area contributed by atoms with Gasteiger partial charge in [0.2, 0.25) is 9.70 Å². The van der Waals surface area contributed by atoms with Crippen molar-refractivity contribution in [1.29, 1.82) is 0 Å². The molecule has 1 aromatic carbocycles. The molecule has 1 atom stereocenters. The molecule has 0 radical (unpaired) electrons. The van der Waals surface area contributed by atoms with Gasteiger partial charge in [-0.25, -0.2) is 0 Å². The van der Waals surface area contributed by atoms with Crippen molar-refractivity contribution >= 4 is 63.7 Å². The molecule has 0 unspecified atom stereocenters. The summed E-state index contributed by atoms with van der Waals surface area (Å²) in [6.07, 6.45) is 3.40. The molecule has 0 aliphatic heterocycles. The Kier molecular flexibility index (Phi) is 11.1. The summed E-state index contributed by atoms with van der Waals surface area (Å²) in [5.41, 5.74) is 0.741. The number of carbonyl (C=O) groups excluding carboxylic acids is 1. The highest BCUT2D eigenvalue weighted by molar-refractivity contribution is 7.80. The first-order valence-electron chi connectivity index (χ1n) is 8.92. The number of benzene rings is 1. The van der Waals surface area contributed by atoms with Crippen LogP contribution in [0.4, 0.5) is 5.69 Å². The molecular weight excluding hydrogens is 429 g/mol. The van der Waals surface area contributed by atoms with Gasteiger partial charge >= 0.3 is 0 Å². The Morgan fingerprint density at radius 1 is 1.11 bits per heavy atom. The summed E-state index contributed by atoms with van der Waals surface area (Å²) in [7, 11) is 0. The third-order valence-electron chi connectivity index (χ3n) is 3.59. The summed E-state index contributed by atoms with van der Waals surface area (Å²) in [5, 5.41) is 8.73. The largest absolute Gasteiger partial charge is 0.494 e. The molecule has 1 aromatic rings. The van der Waals surface area contributed by atoms with Crippen molar-refractivity contribution in [3.63, 3.8) is 0 Å². The van der Waals surface area contributed by atoms with Gasteiger partial charge in [0.1, 0.15) is 11.9 Å². The highest BCUT2D eigenvalue weighted by atomic mass is 35.6. The number of rotatable bonds is 10. The Labute approximate surface area is 181 Å². The number of carbonyl (C=O) groups is 1. The van der Waals surface area contributed by atoms with Crippen LogP contribution < -0.4 is 20.7 Å². The third-order valence-corrected chi connectivity index (χ3v) is 4.46. The summed E-state index contributed by atoms with van der Waals surface area (Å²) in [5.74, 6) is 0.565. The van der Waals surface area contributed by atoms with Crippen LogP contribution in [0.3, 0.4) is 0 Å². The summed E-state index contributed by atoms with van der Waals surface area (Å²) in [6, 6.07) is 7.27. The van der Waals surface area contributed by atoms with E-state index in [2.05, 4.69) is 22.9 Å². The molecule has 27 heavy (non-hydrogen) atoms. The number of anilines is 1. The highest BCUT2D eigenvalue weighted by Crippen LogP contribution is 2.29. The van der Waals surface area contributed by atoms with E-state index in [9.17, 15) is 4.79 Å². The second-order valence-electron chi connectivity index (χ2n) is 5.91. The third kappa shape index (κ3) is 10.2. The van der Waals surface area contributed by atoms with Crippen LogP contribution in [0, 0.1) is 0 Å². The molecule has 3 N–H and O–H groups in total. The molecule has 0 aromatic heterocycles. The lowest BCUT2D eigenvalue weighted by atomic mass is 10.1. The number of hydrogen-bond donors (Lipinski definition) is 3. The second kappa shape index (κ2) is 12.5. The average Bonchev–Trinajstić information content (AvgIpc) is 2.59. The minimum absolute atomic E-state index is 0.196. The zero-order valence-electron chi connectivity index (χ0n) is 15.5. The van der Waals surface area contributed by atoms with Crippen molar-refractivity contribution in [2.45, 2.75) is 55.9 Å². The van der Waals surface area contributed by atoms with E-state index < -0.39 is 9.96 Å². The number of hydrogen-bond acceptors (Lipinski definition) is 3. The van der Waals surface area contributed by atoms with Gasteiger partial charge in [-0.15, -0.1) is 0 Å². The Hall–Kier alpha value is -0.950. The number of nitrogens with one attached hydrogen (secondary N) is 3. The Bertz CT molecular complexity index is 595. The molecule has 0 aliphatic carbocycles. The Morgan fingerprint density at radius 2 is 1.78 bits per heavy atom. The highest BCUT2D eigenvalue weighted by Gasteiger charge is 2.34. The van der Waals surface area contributed by atoms with Crippen molar-refractivity contribution in [3.05, 3.63) is 24.3 Å². The summed E-state index contributed by atoms with van der Waals surface area (Å²) >= 11 is 23.2. The molecule has 0 heterocycles. The first-order chi connectivity index (χ1) is 12.8. The summed E-state index contributed by atoms with van der Waals surface area (Å²) in [6.45, 7) is 4.62. The van der Waals surface area contributed by atoms with Crippen LogP contribution in [0.2, 0.25) is 0 Å². The van der Waals surface area contributed by atoms with Gasteiger partial charge in [-0.1, -0.05) is 61.0 Å². The standard InChI is InChI=1S/C18H26Cl3N3O2S/c1-3-5-6-7-8-15(25)23-16(18(19,20)21)24-17(27)22-13-9-11-14(12-10-13)26-4-2/h9-12,16H,3-8H2,1-2H3,(H,23,25)(H2,22,24,27)/t16-/m0/s1. The monoisotopic (exact) mass is 453 g/mol. The maximum Gasteiger partial charge on any atom is 0.228 e. The topological polar surface area (TPSA) is 62.4 Å². The van der Waals surface area contributed by atoms with E-state index in [1.807, 2.05) is 31.2 Å². The quantitative estimate of drug-likeness (QED) is 0.197. The Balaban J connectivity index is 2.57. The van der Waals surface area contributed by atoms with Gasteiger partial charge in [0.25, 0.3) is 0 Å². The van der Waals surface area contributed by atoms with Crippen LogP contribution in [0.1, 0.15) is 46.0 Å². The van der Waals surface area contributed by atoms with E-state index in [1.165, 1.54) is 0 Å². The number of thiocarbonyl (C=S) groups is 1. The van der Waals surface area contributed by atoms with Gasteiger partial charge in [-0.2, -0.15) is 0 Å². The smallest absolute Gasteiger partial charge is 0.228 e. The van der Waals surface area contributed by atoms with Crippen LogP contribution in [-0.2, 0) is 4.79 Å². The van der Waals surface area contributed by atoms with Gasteiger partial charge in [-0.3, -0.25) is 4.79 Å². The second-order valence-corrected chi connectivity index (χ2v) is 8.69. The molecule has 0 spiro atoms. The number of halogens is 3. The molecule has 5 nitrogen and oxygen atoms in total. The van der Waals surface area contributed by atoms with Crippen molar-refractivity contribution < 1.29 is 9.53 Å². The zero-order chi connectivity index (χ0) is 20.3. The van der Waals surface area contributed by atoms with E-state index >= 15 is 0 Å². The normalized spacial score (nSPS) is 12.2. The molecule has 0 aliphatic rings. The fraction of sp³-hybridized carbons (Fsp3) is 0.556. The van der Waals surface area contributed by atoms with Gasteiger partial charge in [0.05, 0.1) is 6.61 Å². The molecule has 0 fully saturated rings. The van der Waals surface area contributed by atoms with Crippen molar-refractivity contribution in [3.8, 4) is 5.75 Å². The fourth-order valence-corrected chi connectivity index (χ4v) is 2.81. The lowest BCUT2D eigenvalue weighted by Crippen LogP contribution is -2.56. The van der Waals surface area contributed by atoms with Crippen molar-refractivity contribution in [2.24, 2.45) is 0 Å². The number of ether oxygens (including phenoxy) is 1. The number of amides is 1.